The zero-order valence-electron chi connectivity index (χ0n) is 11.7. The third-order valence-electron chi connectivity index (χ3n) is 4.34. The first-order valence-electron chi connectivity index (χ1n) is 7.04. The van der Waals surface area contributed by atoms with E-state index in [0.29, 0.717) is 17.5 Å². The van der Waals surface area contributed by atoms with Crippen LogP contribution in [0.25, 0.3) is 0 Å². The van der Waals surface area contributed by atoms with Crippen LogP contribution in [0.2, 0.25) is 0 Å². The summed E-state index contributed by atoms with van der Waals surface area (Å²) in [5.74, 6) is 0. The molecule has 2 rings (SSSR count). The summed E-state index contributed by atoms with van der Waals surface area (Å²) in [4.78, 5) is 0. The maximum Gasteiger partial charge on any atom is 0.0320 e. The van der Waals surface area contributed by atoms with Crippen molar-refractivity contribution in [2.75, 3.05) is 0 Å². The van der Waals surface area contributed by atoms with E-state index < -0.39 is 0 Å². The molecule has 0 bridgehead atoms. The molecule has 1 nitrogen and oxygen atoms in total. The van der Waals surface area contributed by atoms with Crippen molar-refractivity contribution in [2.45, 2.75) is 58.5 Å². The summed E-state index contributed by atoms with van der Waals surface area (Å²) in [5, 5.41) is 3.88. The molecule has 0 aliphatic heterocycles. The highest BCUT2D eigenvalue weighted by atomic mass is 79.9. The number of benzene rings is 1. The van der Waals surface area contributed by atoms with Gasteiger partial charge in [-0.15, -0.1) is 0 Å². The minimum Gasteiger partial charge on any atom is -0.307 e. The predicted molar refractivity (Wildman–Crippen MR) is 81.7 cm³/mol. The zero-order chi connectivity index (χ0) is 13.2. The Morgan fingerprint density at radius 2 is 2.00 bits per heavy atom. The molecule has 1 aliphatic rings. The molecule has 0 aromatic heterocycles. The molecule has 1 saturated carbocycles. The van der Waals surface area contributed by atoms with Gasteiger partial charge in [0.1, 0.15) is 0 Å². The van der Waals surface area contributed by atoms with Crippen LogP contribution in [0, 0.1) is 5.41 Å². The Balaban J connectivity index is 2.08. The third-order valence-corrected chi connectivity index (χ3v) is 4.87. The van der Waals surface area contributed by atoms with Gasteiger partial charge in [0.15, 0.2) is 0 Å². The topological polar surface area (TPSA) is 12.0 Å². The second-order valence-electron chi connectivity index (χ2n) is 6.11. The molecule has 2 unspecified atom stereocenters. The van der Waals surface area contributed by atoms with Gasteiger partial charge in [-0.1, -0.05) is 55.3 Å². The first-order valence-corrected chi connectivity index (χ1v) is 7.84. The fourth-order valence-corrected chi connectivity index (χ4v) is 3.29. The number of hydrogen-bond acceptors (Lipinski definition) is 1. The summed E-state index contributed by atoms with van der Waals surface area (Å²) >= 11 is 3.50. The fraction of sp³-hybridized carbons (Fsp3) is 0.625. The van der Waals surface area contributed by atoms with Crippen molar-refractivity contribution in [1.82, 2.24) is 5.32 Å². The lowest BCUT2D eigenvalue weighted by molar-refractivity contribution is 0.259. The summed E-state index contributed by atoms with van der Waals surface area (Å²) in [6, 6.07) is 9.88. The molecule has 1 aromatic rings. The molecule has 0 saturated heterocycles. The molecule has 100 valence electrons. The van der Waals surface area contributed by atoms with Gasteiger partial charge in [0.25, 0.3) is 0 Å². The first kappa shape index (κ1) is 14.1. The van der Waals surface area contributed by atoms with Crippen LogP contribution in [0.5, 0.6) is 0 Å². The lowest BCUT2D eigenvalue weighted by Crippen LogP contribution is -2.39. The van der Waals surface area contributed by atoms with E-state index in [1.54, 1.807) is 0 Å². The van der Waals surface area contributed by atoms with Gasteiger partial charge in [-0.05, 0) is 42.4 Å². The van der Waals surface area contributed by atoms with Gasteiger partial charge in [-0.25, -0.2) is 0 Å². The van der Waals surface area contributed by atoms with Crippen molar-refractivity contribution < 1.29 is 0 Å². The van der Waals surface area contributed by atoms with E-state index in [-0.39, 0.29) is 0 Å². The van der Waals surface area contributed by atoms with Gasteiger partial charge >= 0.3 is 0 Å². The maximum absolute atomic E-state index is 3.88. The first-order chi connectivity index (χ1) is 8.53. The van der Waals surface area contributed by atoms with E-state index in [9.17, 15) is 0 Å². The number of rotatable bonds is 4. The van der Waals surface area contributed by atoms with Crippen molar-refractivity contribution in [2.24, 2.45) is 5.41 Å². The Labute approximate surface area is 119 Å². The number of nitrogens with one attached hydrogen (secondary N) is 1. The monoisotopic (exact) mass is 309 g/mol. The Morgan fingerprint density at radius 1 is 1.33 bits per heavy atom. The summed E-state index contributed by atoms with van der Waals surface area (Å²) in [6.07, 6.45) is 5.18. The minimum absolute atomic E-state index is 0.447. The molecule has 2 heteroatoms. The van der Waals surface area contributed by atoms with Crippen molar-refractivity contribution >= 4 is 15.9 Å². The van der Waals surface area contributed by atoms with Crippen LogP contribution >= 0.6 is 15.9 Å². The molecule has 1 aliphatic carbocycles. The fourth-order valence-electron chi connectivity index (χ4n) is 3.02. The van der Waals surface area contributed by atoms with Crippen LogP contribution < -0.4 is 5.32 Å². The van der Waals surface area contributed by atoms with Gasteiger partial charge in [-0.3, -0.25) is 0 Å². The van der Waals surface area contributed by atoms with E-state index in [1.165, 1.54) is 24.8 Å². The molecule has 18 heavy (non-hydrogen) atoms. The third kappa shape index (κ3) is 3.16. The smallest absolute Gasteiger partial charge is 0.0320 e. The lowest BCUT2D eigenvalue weighted by atomic mass is 9.86. The summed E-state index contributed by atoms with van der Waals surface area (Å²) in [6.45, 7) is 7.06. The Hall–Kier alpha value is -0.340. The second kappa shape index (κ2) is 5.75. The van der Waals surface area contributed by atoms with Gasteiger partial charge in [0.05, 0.1) is 0 Å². The Kier molecular flexibility index (Phi) is 4.50. The van der Waals surface area contributed by atoms with Crippen LogP contribution in [0.3, 0.4) is 0 Å². The molecule has 2 atom stereocenters. The number of halogens is 1. The SMILES string of the molecule is CCC(NC1CCCC1(C)C)c1ccc(Br)cc1. The number of hydrogen-bond donors (Lipinski definition) is 1. The molecule has 1 N–H and O–H groups in total. The van der Waals surface area contributed by atoms with Gasteiger partial charge < -0.3 is 5.32 Å². The summed E-state index contributed by atoms with van der Waals surface area (Å²) < 4.78 is 1.15. The predicted octanol–water partition coefficient (Wildman–Crippen LogP) is 5.07. The molecule has 1 aromatic carbocycles. The Bertz CT molecular complexity index is 383. The van der Waals surface area contributed by atoms with Gasteiger partial charge in [0, 0.05) is 16.6 Å². The highest BCUT2D eigenvalue weighted by Gasteiger charge is 2.35. The molecule has 0 radical (unpaired) electrons. The lowest BCUT2D eigenvalue weighted by Gasteiger charge is -2.32. The molecule has 0 amide bonds. The van der Waals surface area contributed by atoms with Gasteiger partial charge in [-0.2, -0.15) is 0 Å². The van der Waals surface area contributed by atoms with E-state index in [0.717, 1.165) is 10.9 Å². The van der Waals surface area contributed by atoms with Gasteiger partial charge in [0.2, 0.25) is 0 Å². The quantitative estimate of drug-likeness (QED) is 0.819. The highest BCUT2D eigenvalue weighted by molar-refractivity contribution is 9.10. The molecule has 0 heterocycles. The van der Waals surface area contributed by atoms with Crippen molar-refractivity contribution in [3.63, 3.8) is 0 Å². The van der Waals surface area contributed by atoms with E-state index in [2.05, 4.69) is 66.3 Å². The van der Waals surface area contributed by atoms with Crippen LogP contribution in [0.1, 0.15) is 58.1 Å². The molecular weight excluding hydrogens is 286 g/mol. The summed E-state index contributed by atoms with van der Waals surface area (Å²) in [7, 11) is 0. The maximum atomic E-state index is 3.88. The van der Waals surface area contributed by atoms with Crippen LogP contribution in [0.15, 0.2) is 28.7 Å². The van der Waals surface area contributed by atoms with Crippen LogP contribution in [-0.4, -0.2) is 6.04 Å². The van der Waals surface area contributed by atoms with Crippen molar-refractivity contribution in [1.29, 1.82) is 0 Å². The normalized spacial score (nSPS) is 24.1. The highest BCUT2D eigenvalue weighted by Crippen LogP contribution is 2.38. The van der Waals surface area contributed by atoms with E-state index >= 15 is 0 Å². The molecule has 0 spiro atoms. The molecular formula is C16H24BrN. The Morgan fingerprint density at radius 3 is 2.50 bits per heavy atom. The second-order valence-corrected chi connectivity index (χ2v) is 7.03. The summed E-state index contributed by atoms with van der Waals surface area (Å²) in [5.41, 5.74) is 1.85. The van der Waals surface area contributed by atoms with Crippen molar-refractivity contribution in [3.05, 3.63) is 34.3 Å². The minimum atomic E-state index is 0.447. The largest absolute Gasteiger partial charge is 0.307 e. The average Bonchev–Trinajstić information content (AvgIpc) is 2.67. The average molecular weight is 310 g/mol. The van der Waals surface area contributed by atoms with Crippen LogP contribution in [0.4, 0.5) is 0 Å². The molecule has 1 fully saturated rings. The van der Waals surface area contributed by atoms with Crippen molar-refractivity contribution in [3.8, 4) is 0 Å². The van der Waals surface area contributed by atoms with E-state index in [4.69, 9.17) is 0 Å². The standard InChI is InChI=1S/C16H24BrN/c1-4-14(12-7-9-13(17)10-8-12)18-15-6-5-11-16(15,2)3/h7-10,14-15,18H,4-6,11H2,1-3H3. The van der Waals surface area contributed by atoms with E-state index in [1.807, 2.05) is 0 Å². The van der Waals surface area contributed by atoms with Crippen LogP contribution in [-0.2, 0) is 0 Å². The zero-order valence-corrected chi connectivity index (χ0v) is 13.3.